The normalized spacial score (nSPS) is 9.17. The summed E-state index contributed by atoms with van der Waals surface area (Å²) >= 11 is 0. The van der Waals surface area contributed by atoms with Crippen LogP contribution in [0.2, 0.25) is 0 Å². The first kappa shape index (κ1) is 8.52. The van der Waals surface area contributed by atoms with Crippen molar-refractivity contribution in [3.63, 3.8) is 0 Å². The Labute approximate surface area is 70.6 Å². The molecule has 0 aliphatic carbocycles. The number of methoxy groups -OCH3 is 1. The van der Waals surface area contributed by atoms with Crippen LogP contribution in [-0.4, -0.2) is 25.1 Å². The number of esters is 1. The van der Waals surface area contributed by atoms with Crippen molar-refractivity contribution in [1.29, 1.82) is 0 Å². The number of aromatic nitrogens is 1. The molecule has 1 rings (SSSR count). The van der Waals surface area contributed by atoms with E-state index in [4.69, 9.17) is 0 Å². The maximum absolute atomic E-state index is 11.0. The molecule has 0 atom stereocenters. The Bertz CT molecular complexity index is 286. The van der Waals surface area contributed by atoms with Crippen molar-refractivity contribution in [1.82, 2.24) is 4.98 Å². The molecule has 0 aliphatic heterocycles. The van der Waals surface area contributed by atoms with Gasteiger partial charge in [-0.15, -0.1) is 0 Å². The van der Waals surface area contributed by atoms with E-state index in [0.29, 0.717) is 5.69 Å². The van der Waals surface area contributed by atoms with Crippen molar-refractivity contribution >= 4 is 11.7 Å². The number of rotatable bonds is 2. The molecule has 1 aromatic rings. The van der Waals surface area contributed by atoms with E-state index in [9.17, 15) is 4.79 Å². The summed E-state index contributed by atoms with van der Waals surface area (Å²) in [6, 6.07) is 3.40. The molecule has 12 heavy (non-hydrogen) atoms. The van der Waals surface area contributed by atoms with Crippen LogP contribution in [0.1, 0.15) is 10.5 Å². The van der Waals surface area contributed by atoms with Crippen LogP contribution >= 0.6 is 0 Å². The number of carbonyl (C=O) groups is 1. The molecule has 1 aromatic heterocycles. The number of ether oxygens (including phenoxy) is 1. The lowest BCUT2D eigenvalue weighted by atomic mass is 10.3. The summed E-state index contributed by atoms with van der Waals surface area (Å²) in [5.41, 5.74) is 1.15. The minimum absolute atomic E-state index is 0.310. The lowest BCUT2D eigenvalue weighted by Gasteiger charge is -2.01. The molecule has 0 amide bonds. The van der Waals surface area contributed by atoms with E-state index in [0.717, 1.165) is 5.69 Å². The van der Waals surface area contributed by atoms with Crippen molar-refractivity contribution in [2.24, 2.45) is 0 Å². The predicted molar refractivity (Wildman–Crippen MR) is 45.1 cm³/mol. The molecule has 4 nitrogen and oxygen atoms in total. The van der Waals surface area contributed by atoms with Crippen LogP contribution in [0.25, 0.3) is 0 Å². The predicted octanol–water partition coefficient (Wildman–Crippen LogP) is 0.910. The number of pyridine rings is 1. The van der Waals surface area contributed by atoms with Gasteiger partial charge in [0, 0.05) is 18.9 Å². The molecule has 0 unspecified atom stereocenters. The Morgan fingerprint density at radius 1 is 1.67 bits per heavy atom. The van der Waals surface area contributed by atoms with Crippen LogP contribution in [0.5, 0.6) is 0 Å². The average molecular weight is 166 g/mol. The summed E-state index contributed by atoms with van der Waals surface area (Å²) in [6.45, 7) is 0. The van der Waals surface area contributed by atoms with Gasteiger partial charge in [0.15, 0.2) is 0 Å². The topological polar surface area (TPSA) is 51.2 Å². The first-order valence-electron chi connectivity index (χ1n) is 3.50. The summed E-state index contributed by atoms with van der Waals surface area (Å²) in [4.78, 5) is 14.8. The fourth-order valence-corrected chi connectivity index (χ4v) is 0.802. The van der Waals surface area contributed by atoms with E-state index in [1.165, 1.54) is 7.11 Å². The largest absolute Gasteiger partial charge is 0.464 e. The van der Waals surface area contributed by atoms with E-state index in [2.05, 4.69) is 15.0 Å². The van der Waals surface area contributed by atoms with Gasteiger partial charge in [0.2, 0.25) is 0 Å². The number of hydrogen-bond acceptors (Lipinski definition) is 4. The monoisotopic (exact) mass is 166 g/mol. The van der Waals surface area contributed by atoms with Crippen molar-refractivity contribution in [2.45, 2.75) is 0 Å². The fraction of sp³-hybridized carbons (Fsp3) is 0.250. The average Bonchev–Trinajstić information content (AvgIpc) is 2.17. The zero-order valence-electron chi connectivity index (χ0n) is 7.00. The molecule has 0 spiro atoms. The second-order valence-electron chi connectivity index (χ2n) is 2.17. The molecular formula is C8H10N2O2. The highest BCUT2D eigenvalue weighted by atomic mass is 16.5. The Kier molecular flexibility index (Phi) is 2.63. The van der Waals surface area contributed by atoms with Gasteiger partial charge < -0.3 is 10.1 Å². The second-order valence-corrected chi connectivity index (χ2v) is 2.17. The fourth-order valence-electron chi connectivity index (χ4n) is 0.802. The molecule has 0 saturated heterocycles. The number of anilines is 1. The van der Waals surface area contributed by atoms with Gasteiger partial charge in [-0.2, -0.15) is 0 Å². The molecule has 0 radical (unpaired) electrons. The van der Waals surface area contributed by atoms with Gasteiger partial charge in [0.05, 0.1) is 7.11 Å². The number of nitrogens with zero attached hydrogens (tertiary/aromatic N) is 1. The lowest BCUT2D eigenvalue weighted by molar-refractivity contribution is 0.0594. The molecule has 4 heteroatoms. The van der Waals surface area contributed by atoms with Gasteiger partial charge in [0.25, 0.3) is 0 Å². The van der Waals surface area contributed by atoms with E-state index in [1.807, 2.05) is 0 Å². The molecule has 0 saturated carbocycles. The van der Waals surface area contributed by atoms with Gasteiger partial charge in [0.1, 0.15) is 5.69 Å². The van der Waals surface area contributed by atoms with Crippen LogP contribution in [0.4, 0.5) is 5.69 Å². The second kappa shape index (κ2) is 3.71. The van der Waals surface area contributed by atoms with Crippen LogP contribution < -0.4 is 5.32 Å². The van der Waals surface area contributed by atoms with Gasteiger partial charge in [-0.05, 0) is 12.1 Å². The first-order chi connectivity index (χ1) is 5.77. The minimum atomic E-state index is -0.424. The number of nitrogens with one attached hydrogen (secondary N) is 1. The molecule has 0 aromatic carbocycles. The van der Waals surface area contributed by atoms with E-state index in [1.54, 1.807) is 25.4 Å². The van der Waals surface area contributed by atoms with E-state index < -0.39 is 5.97 Å². The van der Waals surface area contributed by atoms with E-state index >= 15 is 0 Å². The highest BCUT2D eigenvalue weighted by Gasteiger charge is 2.05. The minimum Gasteiger partial charge on any atom is -0.464 e. The standard InChI is InChI=1S/C8H10N2O2/c1-9-6-3-4-10-7(5-6)8(11)12-2/h3-5H,1-2H3,(H,9,10). The molecule has 0 fully saturated rings. The number of carbonyl (C=O) groups excluding carboxylic acids is 1. The van der Waals surface area contributed by atoms with Crippen LogP contribution in [0.15, 0.2) is 18.3 Å². The Morgan fingerprint density at radius 2 is 2.42 bits per heavy atom. The van der Waals surface area contributed by atoms with E-state index in [-0.39, 0.29) is 0 Å². The summed E-state index contributed by atoms with van der Waals surface area (Å²) in [5, 5.41) is 2.90. The molecule has 0 bridgehead atoms. The summed E-state index contributed by atoms with van der Waals surface area (Å²) in [6.07, 6.45) is 1.55. The zero-order valence-corrected chi connectivity index (χ0v) is 7.00. The van der Waals surface area contributed by atoms with Crippen LogP contribution in [0.3, 0.4) is 0 Å². The SMILES string of the molecule is CNc1ccnc(C(=O)OC)c1. The third kappa shape index (κ3) is 1.72. The van der Waals surface area contributed by atoms with Crippen molar-refractivity contribution in [2.75, 3.05) is 19.5 Å². The maximum Gasteiger partial charge on any atom is 0.356 e. The lowest BCUT2D eigenvalue weighted by Crippen LogP contribution is -2.04. The number of hydrogen-bond donors (Lipinski definition) is 1. The summed E-state index contributed by atoms with van der Waals surface area (Å²) in [7, 11) is 3.10. The quantitative estimate of drug-likeness (QED) is 0.663. The Morgan fingerprint density at radius 3 is 3.00 bits per heavy atom. The van der Waals surface area contributed by atoms with Gasteiger partial charge in [-0.3, -0.25) is 0 Å². The van der Waals surface area contributed by atoms with Crippen molar-refractivity contribution in [3.05, 3.63) is 24.0 Å². The third-order valence-corrected chi connectivity index (χ3v) is 1.44. The highest BCUT2D eigenvalue weighted by molar-refractivity contribution is 5.88. The third-order valence-electron chi connectivity index (χ3n) is 1.44. The Balaban J connectivity index is 2.93. The van der Waals surface area contributed by atoms with Crippen LogP contribution in [0, 0.1) is 0 Å². The summed E-state index contributed by atoms with van der Waals surface area (Å²) < 4.78 is 4.51. The highest BCUT2D eigenvalue weighted by Crippen LogP contribution is 2.06. The van der Waals surface area contributed by atoms with Crippen LogP contribution in [-0.2, 0) is 4.74 Å². The smallest absolute Gasteiger partial charge is 0.356 e. The molecular weight excluding hydrogens is 156 g/mol. The molecule has 0 aliphatic rings. The zero-order chi connectivity index (χ0) is 8.97. The van der Waals surface area contributed by atoms with Crippen molar-refractivity contribution in [3.8, 4) is 0 Å². The first-order valence-corrected chi connectivity index (χ1v) is 3.50. The summed E-state index contributed by atoms with van der Waals surface area (Å²) in [5.74, 6) is -0.424. The van der Waals surface area contributed by atoms with Gasteiger partial charge in [-0.1, -0.05) is 0 Å². The molecule has 1 N–H and O–H groups in total. The van der Waals surface area contributed by atoms with Gasteiger partial charge in [-0.25, -0.2) is 9.78 Å². The van der Waals surface area contributed by atoms with Crippen molar-refractivity contribution < 1.29 is 9.53 Å². The molecule has 64 valence electrons. The Hall–Kier alpha value is -1.58. The molecule has 1 heterocycles. The maximum atomic E-state index is 11.0. The van der Waals surface area contributed by atoms with Gasteiger partial charge >= 0.3 is 5.97 Å².